The summed E-state index contributed by atoms with van der Waals surface area (Å²) in [5.41, 5.74) is -6.60. The molecule has 0 saturated heterocycles. The Morgan fingerprint density at radius 1 is 1.05 bits per heavy atom. The van der Waals surface area contributed by atoms with Crippen molar-refractivity contribution in [3.05, 3.63) is 76.3 Å². The van der Waals surface area contributed by atoms with Gasteiger partial charge in [0.25, 0.3) is 0 Å². The van der Waals surface area contributed by atoms with Gasteiger partial charge < -0.3 is 0 Å². The first-order valence-corrected chi connectivity index (χ1v) is 13.4. The fourth-order valence-corrected chi connectivity index (χ4v) is 5.52. The molecule has 1 aliphatic rings. The van der Waals surface area contributed by atoms with Crippen molar-refractivity contribution in [3.8, 4) is 6.07 Å². The molecular formula is C26H22ClF6N3O2S. The van der Waals surface area contributed by atoms with Crippen molar-refractivity contribution in [2.45, 2.75) is 48.3 Å². The number of aliphatic imine (C=N–C) groups is 2. The van der Waals surface area contributed by atoms with Crippen molar-refractivity contribution >= 4 is 33.4 Å². The monoisotopic (exact) mass is 589 g/mol. The molecule has 5 nitrogen and oxygen atoms in total. The molecule has 0 aromatic heterocycles. The van der Waals surface area contributed by atoms with E-state index in [-0.39, 0.29) is 28.4 Å². The molecule has 208 valence electrons. The van der Waals surface area contributed by atoms with Crippen LogP contribution < -0.4 is 0 Å². The molecule has 0 radical (unpaired) electrons. The van der Waals surface area contributed by atoms with E-state index in [2.05, 4.69) is 9.98 Å². The second-order valence-corrected chi connectivity index (χ2v) is 11.6. The molecule has 1 heterocycles. The summed E-state index contributed by atoms with van der Waals surface area (Å²) in [6.07, 6.45) is -6.45. The van der Waals surface area contributed by atoms with E-state index in [1.807, 2.05) is 13.8 Å². The minimum absolute atomic E-state index is 0.0403. The van der Waals surface area contributed by atoms with E-state index in [9.17, 15) is 40.0 Å². The smallest absolute Gasteiger partial charge is 0.288 e. The van der Waals surface area contributed by atoms with Crippen LogP contribution in [0, 0.1) is 17.2 Å². The topological polar surface area (TPSA) is 82.6 Å². The molecule has 2 aromatic rings. The lowest BCUT2D eigenvalue weighted by molar-refractivity contribution is -0.143. The van der Waals surface area contributed by atoms with Gasteiger partial charge in [-0.15, -0.1) is 0 Å². The number of sulfone groups is 1. The minimum Gasteiger partial charge on any atom is -0.288 e. The van der Waals surface area contributed by atoms with Crippen LogP contribution in [0.25, 0.3) is 0 Å². The number of halogens is 7. The van der Waals surface area contributed by atoms with Crippen LogP contribution in [0.3, 0.4) is 0 Å². The highest BCUT2D eigenvalue weighted by Crippen LogP contribution is 2.42. The standard InChI is InChI=1S/C26H22ClF6N3O2S/c1-16(2)8-11-35-23(22(15-34)39(37,38)21-6-4-20(27)5-7-21)24(9-3-10-36-24)17-12-18(25(28,29)30)14-19(13-17)26(31,32)33/h3-7,9-10,12-14,16,22H,8,11H2,1-2H3. The van der Waals surface area contributed by atoms with Gasteiger partial charge in [-0.05, 0) is 72.5 Å². The van der Waals surface area contributed by atoms with Crippen molar-refractivity contribution in [2.75, 3.05) is 6.54 Å². The van der Waals surface area contributed by atoms with E-state index in [1.54, 1.807) is 6.07 Å². The first-order valence-electron chi connectivity index (χ1n) is 11.5. The summed E-state index contributed by atoms with van der Waals surface area (Å²) >= 11 is 5.85. The van der Waals surface area contributed by atoms with Crippen molar-refractivity contribution in [2.24, 2.45) is 15.9 Å². The number of alkyl halides is 6. The molecule has 0 aliphatic carbocycles. The van der Waals surface area contributed by atoms with Crippen LogP contribution in [0.1, 0.15) is 37.0 Å². The number of benzene rings is 2. The largest absolute Gasteiger partial charge is 0.416 e. The van der Waals surface area contributed by atoms with Crippen LogP contribution in [0.15, 0.2) is 69.5 Å². The Morgan fingerprint density at radius 3 is 2.05 bits per heavy atom. The fraction of sp³-hybridized carbons (Fsp3) is 0.346. The first-order chi connectivity index (χ1) is 18.0. The van der Waals surface area contributed by atoms with Crippen molar-refractivity contribution in [3.63, 3.8) is 0 Å². The van der Waals surface area contributed by atoms with Crippen LogP contribution in [-0.4, -0.2) is 32.1 Å². The molecule has 0 bridgehead atoms. The lowest BCUT2D eigenvalue weighted by Crippen LogP contribution is -2.43. The van der Waals surface area contributed by atoms with Crippen molar-refractivity contribution in [1.82, 2.24) is 0 Å². The van der Waals surface area contributed by atoms with Gasteiger partial charge in [0.2, 0.25) is 0 Å². The maximum absolute atomic E-state index is 13.7. The van der Waals surface area contributed by atoms with Crippen molar-refractivity contribution in [1.29, 1.82) is 5.26 Å². The molecule has 2 unspecified atom stereocenters. The zero-order valence-corrected chi connectivity index (χ0v) is 22.1. The fourth-order valence-electron chi connectivity index (χ4n) is 3.92. The second kappa shape index (κ2) is 11.1. The number of allylic oxidation sites excluding steroid dienone is 1. The summed E-state index contributed by atoms with van der Waals surface area (Å²) in [7, 11) is -4.58. The molecule has 13 heteroatoms. The van der Waals surface area contributed by atoms with Gasteiger partial charge in [0.15, 0.2) is 15.1 Å². The number of rotatable bonds is 8. The zero-order valence-electron chi connectivity index (χ0n) is 20.6. The van der Waals surface area contributed by atoms with E-state index in [4.69, 9.17) is 11.6 Å². The zero-order chi connectivity index (χ0) is 29.2. The van der Waals surface area contributed by atoms with Crippen LogP contribution in [0.2, 0.25) is 5.02 Å². The summed E-state index contributed by atoms with van der Waals surface area (Å²) in [6, 6.07) is 7.35. The molecule has 0 saturated carbocycles. The highest BCUT2D eigenvalue weighted by atomic mass is 35.5. The SMILES string of the molecule is CC(C)CCN=C(C(C#N)S(=O)(=O)c1ccc(Cl)cc1)C1(c2cc(C(F)(F)F)cc(C(F)(F)F)c2)C=CC=N1. The average molecular weight is 590 g/mol. The van der Waals surface area contributed by atoms with Gasteiger partial charge in [0.1, 0.15) is 5.54 Å². The molecule has 39 heavy (non-hydrogen) atoms. The van der Waals surface area contributed by atoms with Crippen LogP contribution in [0.5, 0.6) is 0 Å². The van der Waals surface area contributed by atoms with E-state index in [0.717, 1.165) is 24.4 Å². The summed E-state index contributed by atoms with van der Waals surface area (Å²) in [5, 5.41) is 8.18. The third-order valence-corrected chi connectivity index (χ3v) is 8.06. The van der Waals surface area contributed by atoms with Crippen molar-refractivity contribution < 1.29 is 34.8 Å². The highest BCUT2D eigenvalue weighted by molar-refractivity contribution is 7.93. The molecule has 0 fully saturated rings. The Bertz CT molecular complexity index is 1410. The molecule has 2 atom stereocenters. The van der Waals surface area contributed by atoms with E-state index in [0.29, 0.717) is 18.6 Å². The minimum atomic E-state index is -5.16. The Labute approximate surface area is 226 Å². The predicted octanol–water partition coefficient (Wildman–Crippen LogP) is 7.07. The summed E-state index contributed by atoms with van der Waals surface area (Å²) in [4.78, 5) is 8.12. The van der Waals surface area contributed by atoms with E-state index < -0.39 is 55.4 Å². The molecule has 0 N–H and O–H groups in total. The van der Waals surface area contributed by atoms with Gasteiger partial charge in [-0.2, -0.15) is 31.6 Å². The van der Waals surface area contributed by atoms with Gasteiger partial charge in [-0.1, -0.05) is 25.4 Å². The van der Waals surface area contributed by atoms with Gasteiger partial charge in [-0.3, -0.25) is 9.98 Å². The number of nitrogens with zero attached hydrogens (tertiary/aromatic N) is 3. The Hall–Kier alpha value is -3.17. The number of hydrogen-bond acceptors (Lipinski definition) is 5. The first kappa shape index (κ1) is 30.4. The van der Waals surface area contributed by atoms with Gasteiger partial charge in [0, 0.05) is 17.8 Å². The van der Waals surface area contributed by atoms with Gasteiger partial charge in [0.05, 0.1) is 27.8 Å². The predicted molar refractivity (Wildman–Crippen MR) is 136 cm³/mol. The Balaban J connectivity index is 2.35. The van der Waals surface area contributed by atoms with E-state index >= 15 is 0 Å². The second-order valence-electron chi connectivity index (χ2n) is 9.16. The Morgan fingerprint density at radius 2 is 1.62 bits per heavy atom. The quantitative estimate of drug-likeness (QED) is 0.244. The maximum atomic E-state index is 13.7. The number of hydrogen-bond donors (Lipinski definition) is 0. The molecule has 0 amide bonds. The maximum Gasteiger partial charge on any atom is 0.416 e. The average Bonchev–Trinajstić information content (AvgIpc) is 3.33. The molecule has 0 spiro atoms. The third-order valence-electron chi connectivity index (χ3n) is 5.93. The lowest BCUT2D eigenvalue weighted by atomic mass is 9.82. The van der Waals surface area contributed by atoms with E-state index in [1.165, 1.54) is 18.2 Å². The Kier molecular flexibility index (Phi) is 8.67. The molecular weight excluding hydrogens is 568 g/mol. The van der Waals surface area contributed by atoms with Crippen LogP contribution in [-0.2, 0) is 27.7 Å². The summed E-state index contributed by atoms with van der Waals surface area (Å²) < 4.78 is 109. The van der Waals surface area contributed by atoms with Gasteiger partial charge in [-0.25, -0.2) is 8.42 Å². The van der Waals surface area contributed by atoms with Crippen LogP contribution in [0.4, 0.5) is 26.3 Å². The molecule has 1 aliphatic heterocycles. The summed E-state index contributed by atoms with van der Waals surface area (Å²) in [5.74, 6) is 0.0624. The summed E-state index contributed by atoms with van der Waals surface area (Å²) in [6.45, 7) is 3.62. The van der Waals surface area contributed by atoms with Gasteiger partial charge >= 0.3 is 12.4 Å². The third kappa shape index (κ3) is 6.53. The lowest BCUT2D eigenvalue weighted by Gasteiger charge is -2.31. The normalized spacial score (nSPS) is 18.9. The number of nitriles is 1. The molecule has 3 rings (SSSR count). The van der Waals surface area contributed by atoms with Crippen LogP contribution >= 0.6 is 11.6 Å². The molecule has 2 aromatic carbocycles. The highest BCUT2D eigenvalue weighted by Gasteiger charge is 2.48.